The van der Waals surface area contributed by atoms with E-state index in [0.717, 1.165) is 10.9 Å². The Balaban J connectivity index is 1.83. The highest BCUT2D eigenvalue weighted by Crippen LogP contribution is 2.59. The first kappa shape index (κ1) is 21.1. The molecule has 158 valence electrons. The second kappa shape index (κ2) is 8.56. The van der Waals surface area contributed by atoms with Crippen LogP contribution in [0.25, 0.3) is 10.9 Å². The molecule has 0 bridgehead atoms. The first-order valence-electron chi connectivity index (χ1n) is 10.1. The van der Waals surface area contributed by atoms with Crippen LogP contribution in [0.5, 0.6) is 0 Å². The fourth-order valence-corrected chi connectivity index (χ4v) is 6.08. The SMILES string of the molecule is CCOC(=O)C[C@@H]1CS[C@@H](c2ccc(F)cc2)[C@]1(C#N)C(=O)c1c[nH]c2ccccc12. The zero-order valence-corrected chi connectivity index (χ0v) is 17.7. The quantitative estimate of drug-likeness (QED) is 0.432. The predicted molar refractivity (Wildman–Crippen MR) is 117 cm³/mol. The van der Waals surface area contributed by atoms with Crippen LogP contribution in [0.15, 0.2) is 54.7 Å². The van der Waals surface area contributed by atoms with Crippen molar-refractivity contribution in [3.8, 4) is 6.07 Å². The Bertz CT molecular complexity index is 1170. The standard InChI is InChI=1S/C24H21FN2O3S/c1-2-30-21(28)11-16-13-31-23(15-7-9-17(25)10-8-15)24(16,14-26)22(29)19-12-27-20-6-4-3-5-18(19)20/h3-10,12,16,23,27H,2,11,13H2,1H3/t16-,23+,24+/m1/s1. The Morgan fingerprint density at radius 3 is 2.71 bits per heavy atom. The van der Waals surface area contributed by atoms with E-state index in [9.17, 15) is 19.2 Å². The van der Waals surface area contributed by atoms with E-state index in [-0.39, 0.29) is 24.6 Å². The van der Waals surface area contributed by atoms with E-state index < -0.39 is 22.6 Å². The summed E-state index contributed by atoms with van der Waals surface area (Å²) in [5.41, 5.74) is 0.415. The number of carbonyl (C=O) groups excluding carboxylic acids is 2. The summed E-state index contributed by atoms with van der Waals surface area (Å²) in [6.07, 6.45) is 1.60. The van der Waals surface area contributed by atoms with Crippen molar-refractivity contribution < 1.29 is 18.7 Å². The minimum atomic E-state index is -1.49. The summed E-state index contributed by atoms with van der Waals surface area (Å²) in [5.74, 6) is -1.24. The summed E-state index contributed by atoms with van der Waals surface area (Å²) in [6.45, 7) is 1.95. The van der Waals surface area contributed by atoms with Crippen LogP contribution in [-0.4, -0.2) is 29.1 Å². The van der Waals surface area contributed by atoms with E-state index in [0.29, 0.717) is 16.9 Å². The van der Waals surface area contributed by atoms with Crippen molar-refractivity contribution in [2.24, 2.45) is 11.3 Å². The average Bonchev–Trinajstić information content (AvgIpc) is 3.36. The van der Waals surface area contributed by atoms with Gasteiger partial charge in [-0.05, 0) is 36.4 Å². The Hall–Kier alpha value is -3.11. The lowest BCUT2D eigenvalue weighted by Crippen LogP contribution is -2.39. The summed E-state index contributed by atoms with van der Waals surface area (Å²) >= 11 is 1.45. The highest BCUT2D eigenvalue weighted by atomic mass is 32.2. The topological polar surface area (TPSA) is 82.9 Å². The van der Waals surface area contributed by atoms with Crippen LogP contribution in [0.4, 0.5) is 4.39 Å². The number of para-hydroxylation sites is 1. The van der Waals surface area contributed by atoms with E-state index in [2.05, 4.69) is 11.1 Å². The molecule has 0 unspecified atom stereocenters. The molecule has 0 radical (unpaired) electrons. The predicted octanol–water partition coefficient (Wildman–Crippen LogP) is 5.06. The van der Waals surface area contributed by atoms with Crippen LogP contribution in [0.2, 0.25) is 0 Å². The first-order chi connectivity index (χ1) is 15.0. The highest BCUT2D eigenvalue weighted by molar-refractivity contribution is 7.99. The maximum absolute atomic E-state index is 14.0. The van der Waals surface area contributed by atoms with Crippen LogP contribution in [-0.2, 0) is 9.53 Å². The highest BCUT2D eigenvalue weighted by Gasteiger charge is 2.58. The molecule has 0 saturated carbocycles. The number of nitrogens with one attached hydrogen (secondary N) is 1. The molecule has 1 saturated heterocycles. The molecule has 0 aliphatic carbocycles. The summed E-state index contributed by atoms with van der Waals surface area (Å²) in [4.78, 5) is 29.4. The number of halogens is 1. The van der Waals surface area contributed by atoms with Gasteiger partial charge in [-0.2, -0.15) is 17.0 Å². The van der Waals surface area contributed by atoms with Gasteiger partial charge in [0.05, 0.1) is 24.3 Å². The summed E-state index contributed by atoms with van der Waals surface area (Å²) in [6, 6.07) is 15.6. The molecule has 31 heavy (non-hydrogen) atoms. The van der Waals surface area contributed by atoms with Crippen LogP contribution >= 0.6 is 11.8 Å². The van der Waals surface area contributed by atoms with Gasteiger partial charge in [0, 0.05) is 28.6 Å². The van der Waals surface area contributed by atoms with Gasteiger partial charge in [0.15, 0.2) is 5.78 Å². The molecule has 1 N–H and O–H groups in total. The lowest BCUT2D eigenvalue weighted by Gasteiger charge is -2.31. The van der Waals surface area contributed by atoms with Crippen LogP contribution in [0, 0.1) is 28.5 Å². The van der Waals surface area contributed by atoms with Crippen molar-refractivity contribution in [3.63, 3.8) is 0 Å². The summed E-state index contributed by atoms with van der Waals surface area (Å²) < 4.78 is 18.6. The van der Waals surface area contributed by atoms with Gasteiger partial charge in [0.25, 0.3) is 0 Å². The van der Waals surface area contributed by atoms with Crippen LogP contribution in [0.1, 0.15) is 34.5 Å². The second-order valence-electron chi connectivity index (χ2n) is 7.53. The number of hydrogen-bond donors (Lipinski definition) is 1. The zero-order chi connectivity index (χ0) is 22.0. The zero-order valence-electron chi connectivity index (χ0n) is 16.9. The lowest BCUT2D eigenvalue weighted by molar-refractivity contribution is -0.144. The van der Waals surface area contributed by atoms with Crippen LogP contribution < -0.4 is 0 Å². The molecule has 1 aliphatic rings. The first-order valence-corrected chi connectivity index (χ1v) is 11.1. The largest absolute Gasteiger partial charge is 0.466 e. The van der Waals surface area contributed by atoms with E-state index in [1.165, 1.54) is 23.9 Å². The Morgan fingerprint density at radius 2 is 2.00 bits per heavy atom. The fourth-order valence-electron chi connectivity index (χ4n) is 4.31. The van der Waals surface area contributed by atoms with E-state index in [1.807, 2.05) is 24.3 Å². The molecule has 2 aromatic carbocycles. The normalized spacial score (nSPS) is 22.9. The average molecular weight is 437 g/mol. The van der Waals surface area contributed by atoms with Crippen molar-refractivity contribution >= 4 is 34.4 Å². The third-order valence-corrected chi connectivity index (χ3v) is 7.38. The van der Waals surface area contributed by atoms with Crippen molar-refractivity contribution in [2.75, 3.05) is 12.4 Å². The molecule has 5 nitrogen and oxygen atoms in total. The number of hydrogen-bond acceptors (Lipinski definition) is 5. The van der Waals surface area contributed by atoms with Gasteiger partial charge in [-0.3, -0.25) is 9.59 Å². The van der Waals surface area contributed by atoms with Gasteiger partial charge in [0.2, 0.25) is 0 Å². The molecular weight excluding hydrogens is 415 g/mol. The summed E-state index contributed by atoms with van der Waals surface area (Å²) in [5, 5.41) is 10.6. The number of Topliss-reactive ketones (excluding diaryl/α,β-unsaturated/α-hetero) is 1. The molecule has 3 aromatic rings. The number of aromatic nitrogens is 1. The van der Waals surface area contributed by atoms with Gasteiger partial charge in [-0.15, -0.1) is 0 Å². The summed E-state index contributed by atoms with van der Waals surface area (Å²) in [7, 11) is 0. The van der Waals surface area contributed by atoms with Gasteiger partial charge >= 0.3 is 5.97 Å². The molecule has 1 aliphatic heterocycles. The number of rotatable bonds is 6. The third-order valence-electron chi connectivity index (χ3n) is 5.81. The molecule has 3 atom stereocenters. The number of nitrogens with zero attached hydrogens (tertiary/aromatic N) is 1. The minimum Gasteiger partial charge on any atom is -0.466 e. The molecule has 2 heterocycles. The third kappa shape index (κ3) is 3.61. The van der Waals surface area contributed by atoms with Crippen molar-refractivity contribution in [1.29, 1.82) is 5.26 Å². The number of ether oxygens (including phenoxy) is 1. The van der Waals surface area contributed by atoms with Gasteiger partial charge < -0.3 is 9.72 Å². The molecule has 1 aromatic heterocycles. The number of aromatic amines is 1. The molecule has 0 spiro atoms. The number of benzene rings is 2. The molecule has 7 heteroatoms. The number of H-pyrrole nitrogens is 1. The fraction of sp³-hybridized carbons (Fsp3) is 0.292. The van der Waals surface area contributed by atoms with Crippen molar-refractivity contribution in [3.05, 3.63) is 71.7 Å². The van der Waals surface area contributed by atoms with Crippen LogP contribution in [0.3, 0.4) is 0 Å². The molecule has 0 amide bonds. The second-order valence-corrected chi connectivity index (χ2v) is 8.67. The molecule has 1 fully saturated rings. The Morgan fingerprint density at radius 1 is 1.26 bits per heavy atom. The van der Waals surface area contributed by atoms with E-state index in [1.54, 1.807) is 25.3 Å². The molecule has 4 rings (SSSR count). The number of fused-ring (bicyclic) bond motifs is 1. The molecular formula is C24H21FN2O3S. The smallest absolute Gasteiger partial charge is 0.306 e. The number of ketones is 1. The van der Waals surface area contributed by atoms with Gasteiger partial charge in [0.1, 0.15) is 11.2 Å². The number of carbonyl (C=O) groups is 2. The lowest BCUT2D eigenvalue weighted by atomic mass is 9.67. The maximum atomic E-state index is 14.0. The van der Waals surface area contributed by atoms with Gasteiger partial charge in [-0.25, -0.2) is 4.39 Å². The van der Waals surface area contributed by atoms with E-state index in [4.69, 9.17) is 4.74 Å². The maximum Gasteiger partial charge on any atom is 0.306 e. The number of thioether (sulfide) groups is 1. The van der Waals surface area contributed by atoms with Crippen molar-refractivity contribution in [1.82, 2.24) is 4.98 Å². The monoisotopic (exact) mass is 436 g/mol. The number of nitriles is 1. The van der Waals surface area contributed by atoms with Crippen molar-refractivity contribution in [2.45, 2.75) is 18.6 Å². The number of esters is 1. The van der Waals surface area contributed by atoms with E-state index >= 15 is 0 Å². The minimum absolute atomic E-state index is 0.0276. The Labute approximate surface area is 183 Å². The van der Waals surface area contributed by atoms with Gasteiger partial charge in [-0.1, -0.05) is 30.3 Å². The Kier molecular flexibility index (Phi) is 5.84.